The normalized spacial score (nSPS) is 16.2. The zero-order valence-corrected chi connectivity index (χ0v) is 29.0. The molecule has 47 heavy (non-hydrogen) atoms. The fourth-order valence-electron chi connectivity index (χ4n) is 6.88. The summed E-state index contributed by atoms with van der Waals surface area (Å²) in [7, 11) is 7.91. The van der Waals surface area contributed by atoms with Gasteiger partial charge in [0.1, 0.15) is 11.7 Å². The minimum absolute atomic E-state index is 0. The Morgan fingerprint density at radius 1 is 0.574 bits per heavy atom. The number of benzene rings is 3. The van der Waals surface area contributed by atoms with Gasteiger partial charge in [0.05, 0.1) is 0 Å². The van der Waals surface area contributed by atoms with Crippen molar-refractivity contribution in [3.63, 3.8) is 0 Å². The van der Waals surface area contributed by atoms with Gasteiger partial charge >= 0.3 is 0 Å². The van der Waals surface area contributed by atoms with Crippen LogP contribution in [0, 0.1) is 0 Å². The molecule has 2 aliphatic carbocycles. The maximum atomic E-state index is 13.1. The first-order valence-electron chi connectivity index (χ1n) is 16.7. The maximum Gasteiger partial charge on any atom is 0.255 e. The highest BCUT2D eigenvalue weighted by Gasteiger charge is 2.23. The van der Waals surface area contributed by atoms with E-state index in [-0.39, 0.29) is 24.2 Å². The smallest absolute Gasteiger partial charge is 0.255 e. The molecule has 5 rings (SSSR count). The average molecular weight is 657 g/mol. The van der Waals surface area contributed by atoms with Gasteiger partial charge in [-0.2, -0.15) is 0 Å². The molecule has 0 spiro atoms. The summed E-state index contributed by atoms with van der Waals surface area (Å²) in [6.07, 6.45) is 12.5. The van der Waals surface area contributed by atoms with Crippen molar-refractivity contribution in [3.05, 3.63) is 95.1 Å². The van der Waals surface area contributed by atoms with Crippen molar-refractivity contribution in [2.24, 2.45) is 9.98 Å². The Balaban J connectivity index is 0.00000500. The molecule has 0 atom stereocenters. The number of amidine groups is 2. The van der Waals surface area contributed by atoms with Crippen LogP contribution >= 0.6 is 12.4 Å². The standard InChI is InChI=1S/C38H48N6O2.ClH/c1-39-35(43(3)33-14-7-5-8-15-33)27-18-22-31(23-19-27)41-37(45)29-12-11-13-30(26-29)38(46)42-32-24-20-28(21-25-32)36(40-2)44(4)34-16-9-6-10-17-34;/h11-13,18-26,33-34H,5-10,14-17H2,1-4H3,(H,41,45)(H,42,46);1H. The highest BCUT2D eigenvalue weighted by Crippen LogP contribution is 2.25. The number of anilines is 2. The lowest BCUT2D eigenvalue weighted by Crippen LogP contribution is -2.38. The van der Waals surface area contributed by atoms with Crippen LogP contribution in [0.4, 0.5) is 11.4 Å². The third kappa shape index (κ3) is 9.01. The second kappa shape index (κ2) is 17.1. The van der Waals surface area contributed by atoms with E-state index in [0.29, 0.717) is 34.6 Å². The molecule has 0 aromatic heterocycles. The summed E-state index contributed by atoms with van der Waals surface area (Å²) in [5.74, 6) is 1.38. The summed E-state index contributed by atoms with van der Waals surface area (Å²) >= 11 is 0. The van der Waals surface area contributed by atoms with Crippen LogP contribution < -0.4 is 10.6 Å². The lowest BCUT2D eigenvalue weighted by molar-refractivity contribution is 0.102. The summed E-state index contributed by atoms with van der Waals surface area (Å²) in [5.41, 5.74) is 4.24. The van der Waals surface area contributed by atoms with Gasteiger partial charge in [0.2, 0.25) is 0 Å². The lowest BCUT2D eigenvalue weighted by atomic mass is 9.94. The van der Waals surface area contributed by atoms with Crippen LogP contribution in [0.2, 0.25) is 0 Å². The molecule has 2 N–H and O–H groups in total. The molecule has 0 radical (unpaired) electrons. The minimum Gasteiger partial charge on any atom is -0.357 e. The van der Waals surface area contributed by atoms with E-state index in [9.17, 15) is 9.59 Å². The van der Waals surface area contributed by atoms with Crippen LogP contribution in [0.5, 0.6) is 0 Å². The number of carbonyl (C=O) groups is 2. The van der Waals surface area contributed by atoms with Gasteiger partial charge in [0, 0.05) is 73.9 Å². The van der Waals surface area contributed by atoms with Gasteiger partial charge < -0.3 is 20.4 Å². The van der Waals surface area contributed by atoms with Crippen LogP contribution in [-0.4, -0.2) is 73.6 Å². The van der Waals surface area contributed by atoms with E-state index < -0.39 is 0 Å². The molecular formula is C38H49ClN6O2. The van der Waals surface area contributed by atoms with Gasteiger partial charge in [0.25, 0.3) is 11.8 Å². The number of carbonyl (C=O) groups excluding carboxylic acids is 2. The van der Waals surface area contributed by atoms with E-state index in [1.165, 1.54) is 64.2 Å². The third-order valence-corrected chi connectivity index (χ3v) is 9.53. The van der Waals surface area contributed by atoms with Gasteiger partial charge in [0.15, 0.2) is 0 Å². The Morgan fingerprint density at radius 3 is 1.28 bits per heavy atom. The molecule has 0 unspecified atom stereocenters. The number of nitrogens with zero attached hydrogens (tertiary/aromatic N) is 4. The van der Waals surface area contributed by atoms with Crippen molar-refractivity contribution >= 4 is 47.3 Å². The average Bonchev–Trinajstić information content (AvgIpc) is 3.11. The molecule has 2 fully saturated rings. The molecule has 250 valence electrons. The largest absolute Gasteiger partial charge is 0.357 e. The van der Waals surface area contributed by atoms with E-state index in [2.05, 4.69) is 44.5 Å². The summed E-state index contributed by atoms with van der Waals surface area (Å²) in [4.78, 5) is 40.0. The molecule has 0 saturated heterocycles. The summed E-state index contributed by atoms with van der Waals surface area (Å²) in [5, 5.41) is 5.93. The first-order chi connectivity index (χ1) is 22.4. The fraction of sp³-hybridized carbons (Fsp3) is 0.421. The molecule has 9 heteroatoms. The topological polar surface area (TPSA) is 89.4 Å². The highest BCUT2D eigenvalue weighted by molar-refractivity contribution is 6.09. The zero-order valence-electron chi connectivity index (χ0n) is 28.2. The molecule has 3 aromatic rings. The number of amides is 2. The lowest BCUT2D eigenvalue weighted by Gasteiger charge is -2.33. The molecule has 3 aromatic carbocycles. The molecule has 2 saturated carbocycles. The molecule has 8 nitrogen and oxygen atoms in total. The number of hydrogen-bond acceptors (Lipinski definition) is 4. The number of rotatable bonds is 8. The Kier molecular flexibility index (Phi) is 13.0. The number of nitrogens with one attached hydrogen (secondary N) is 2. The Labute approximate surface area is 286 Å². The second-order valence-electron chi connectivity index (χ2n) is 12.5. The summed E-state index contributed by atoms with van der Waals surface area (Å²) < 4.78 is 0. The van der Waals surface area contributed by atoms with Crippen LogP contribution in [0.3, 0.4) is 0 Å². The Bertz CT molecular complexity index is 1430. The number of hydrogen-bond donors (Lipinski definition) is 2. The van der Waals surface area contributed by atoms with Crippen LogP contribution in [-0.2, 0) is 0 Å². The van der Waals surface area contributed by atoms with Crippen molar-refractivity contribution < 1.29 is 9.59 Å². The van der Waals surface area contributed by atoms with Crippen molar-refractivity contribution in [1.82, 2.24) is 9.80 Å². The fourth-order valence-corrected chi connectivity index (χ4v) is 6.88. The molecular weight excluding hydrogens is 608 g/mol. The van der Waals surface area contributed by atoms with Crippen LogP contribution in [0.15, 0.2) is 82.8 Å². The summed E-state index contributed by atoms with van der Waals surface area (Å²) in [6, 6.07) is 23.4. The van der Waals surface area contributed by atoms with Crippen LogP contribution in [0.1, 0.15) is 96.1 Å². The predicted molar refractivity (Wildman–Crippen MR) is 197 cm³/mol. The molecule has 2 aliphatic rings. The molecule has 0 heterocycles. The highest BCUT2D eigenvalue weighted by atomic mass is 35.5. The quantitative estimate of drug-likeness (QED) is 0.191. The monoisotopic (exact) mass is 656 g/mol. The molecule has 0 bridgehead atoms. The van der Waals surface area contributed by atoms with Crippen molar-refractivity contribution in [1.29, 1.82) is 0 Å². The molecule has 2 amide bonds. The Hall–Kier alpha value is -4.17. The van der Waals surface area contributed by atoms with Gasteiger partial charge in [-0.25, -0.2) is 0 Å². The third-order valence-electron chi connectivity index (χ3n) is 9.53. The van der Waals surface area contributed by atoms with E-state index in [0.717, 1.165) is 22.8 Å². The minimum atomic E-state index is -0.274. The van der Waals surface area contributed by atoms with E-state index >= 15 is 0 Å². The SMILES string of the molecule is CN=C(c1ccc(NC(=O)c2cccc(C(=O)Nc3ccc(C(=NC)N(C)C4CCCCC4)cc3)c2)cc1)N(C)C1CCCCC1.Cl. The maximum absolute atomic E-state index is 13.1. The van der Waals surface area contributed by atoms with Crippen molar-refractivity contribution in [2.75, 3.05) is 38.8 Å². The van der Waals surface area contributed by atoms with Crippen LogP contribution in [0.25, 0.3) is 0 Å². The molecule has 0 aliphatic heterocycles. The first kappa shape index (κ1) is 35.7. The second-order valence-corrected chi connectivity index (χ2v) is 12.5. The van der Waals surface area contributed by atoms with Gasteiger partial charge in [-0.3, -0.25) is 19.6 Å². The van der Waals surface area contributed by atoms with E-state index in [1.807, 2.05) is 62.6 Å². The predicted octanol–water partition coefficient (Wildman–Crippen LogP) is 7.89. The van der Waals surface area contributed by atoms with Crippen molar-refractivity contribution in [2.45, 2.75) is 76.3 Å². The van der Waals surface area contributed by atoms with Gasteiger partial charge in [-0.15, -0.1) is 12.4 Å². The Morgan fingerprint density at radius 2 is 0.936 bits per heavy atom. The van der Waals surface area contributed by atoms with Gasteiger partial charge in [-0.05, 0) is 92.4 Å². The van der Waals surface area contributed by atoms with E-state index in [1.54, 1.807) is 24.3 Å². The first-order valence-corrected chi connectivity index (χ1v) is 16.7. The van der Waals surface area contributed by atoms with Crippen molar-refractivity contribution in [3.8, 4) is 0 Å². The van der Waals surface area contributed by atoms with Gasteiger partial charge in [-0.1, -0.05) is 44.6 Å². The summed E-state index contributed by atoms with van der Waals surface area (Å²) in [6.45, 7) is 0. The van der Waals surface area contributed by atoms with E-state index in [4.69, 9.17) is 0 Å². The number of halogens is 1. The number of aliphatic imine (C=N–C) groups is 2. The zero-order chi connectivity index (χ0) is 32.5.